The quantitative estimate of drug-likeness (QED) is 0.742. The lowest BCUT2D eigenvalue weighted by Crippen LogP contribution is -2.59. The summed E-state index contributed by atoms with van der Waals surface area (Å²) >= 11 is 0. The molecule has 2 N–H and O–H groups in total. The summed E-state index contributed by atoms with van der Waals surface area (Å²) in [7, 11) is 0. The number of nitrogens with one attached hydrogen (secondary N) is 2. The van der Waals surface area contributed by atoms with Crippen molar-refractivity contribution in [1.82, 2.24) is 20.1 Å². The lowest BCUT2D eigenvalue weighted by Gasteiger charge is -2.39. The van der Waals surface area contributed by atoms with Crippen molar-refractivity contribution in [2.24, 2.45) is 5.41 Å². The Bertz CT molecular complexity index is 1040. The van der Waals surface area contributed by atoms with Gasteiger partial charge in [-0.25, -0.2) is 4.79 Å². The first-order valence-electron chi connectivity index (χ1n) is 11.5. The Hall–Kier alpha value is -3.03. The van der Waals surface area contributed by atoms with Gasteiger partial charge in [-0.15, -0.1) is 0 Å². The number of carbonyl (C=O) groups is 3. The third-order valence-electron chi connectivity index (χ3n) is 6.31. The van der Waals surface area contributed by atoms with Crippen LogP contribution in [0.3, 0.4) is 0 Å². The molecule has 0 spiro atoms. The molecule has 1 aromatic heterocycles. The van der Waals surface area contributed by atoms with Gasteiger partial charge in [-0.05, 0) is 44.7 Å². The molecule has 178 valence electrons. The van der Waals surface area contributed by atoms with Gasteiger partial charge < -0.3 is 24.8 Å². The monoisotopic (exact) mass is 454 g/mol. The van der Waals surface area contributed by atoms with Gasteiger partial charge in [0.1, 0.15) is 17.3 Å². The Morgan fingerprint density at radius 1 is 1.03 bits per heavy atom. The number of likely N-dealkylation sites (tertiary alicyclic amines) is 2. The van der Waals surface area contributed by atoms with E-state index < -0.39 is 17.1 Å². The van der Waals surface area contributed by atoms with E-state index in [2.05, 4.69) is 10.3 Å². The SMILES string of the molecule is CC(C)(C)OC(=O)N1C[C@@H]2C[C@H]1CN2C(=O)[C@@H](NC(=O)c1cc2ccccc2[nH]1)C(C)(C)C. The van der Waals surface area contributed by atoms with E-state index >= 15 is 0 Å². The van der Waals surface area contributed by atoms with Crippen LogP contribution in [0.5, 0.6) is 0 Å². The van der Waals surface area contributed by atoms with Crippen LogP contribution >= 0.6 is 0 Å². The van der Waals surface area contributed by atoms with Crippen LogP contribution in [-0.2, 0) is 9.53 Å². The van der Waals surface area contributed by atoms with Crippen LogP contribution < -0.4 is 5.32 Å². The number of ether oxygens (including phenoxy) is 1. The molecular formula is C25H34N4O4. The van der Waals surface area contributed by atoms with Crippen molar-refractivity contribution in [2.45, 2.75) is 71.7 Å². The lowest BCUT2D eigenvalue weighted by molar-refractivity contribution is -0.138. The molecule has 0 saturated carbocycles. The summed E-state index contributed by atoms with van der Waals surface area (Å²) in [6, 6.07) is 8.66. The molecule has 4 rings (SSSR count). The second-order valence-electron chi connectivity index (χ2n) is 11.2. The van der Waals surface area contributed by atoms with Crippen molar-refractivity contribution in [2.75, 3.05) is 13.1 Å². The van der Waals surface area contributed by atoms with Gasteiger partial charge >= 0.3 is 6.09 Å². The number of hydrogen-bond acceptors (Lipinski definition) is 4. The average molecular weight is 455 g/mol. The summed E-state index contributed by atoms with van der Waals surface area (Å²) in [5.41, 5.74) is 0.266. The van der Waals surface area contributed by atoms with E-state index in [9.17, 15) is 14.4 Å². The minimum atomic E-state index is -0.689. The topological polar surface area (TPSA) is 94.7 Å². The number of carbonyl (C=O) groups excluding carboxylic acids is 3. The molecule has 2 bridgehead atoms. The molecule has 1 aromatic carbocycles. The number of aromatic nitrogens is 1. The average Bonchev–Trinajstić information content (AvgIpc) is 3.42. The molecule has 0 aliphatic carbocycles. The van der Waals surface area contributed by atoms with Crippen LogP contribution in [0.25, 0.3) is 10.9 Å². The second-order valence-corrected chi connectivity index (χ2v) is 11.2. The Kier molecular flexibility index (Phi) is 5.66. The molecule has 3 atom stereocenters. The molecule has 3 amide bonds. The first-order valence-corrected chi connectivity index (χ1v) is 11.5. The summed E-state index contributed by atoms with van der Waals surface area (Å²) < 4.78 is 5.52. The maximum Gasteiger partial charge on any atom is 0.410 e. The highest BCUT2D eigenvalue weighted by Gasteiger charge is 2.50. The van der Waals surface area contributed by atoms with Crippen LogP contribution in [0.2, 0.25) is 0 Å². The Morgan fingerprint density at radius 2 is 1.67 bits per heavy atom. The van der Waals surface area contributed by atoms with Crippen molar-refractivity contribution in [3.63, 3.8) is 0 Å². The van der Waals surface area contributed by atoms with Gasteiger partial charge in [-0.3, -0.25) is 9.59 Å². The van der Waals surface area contributed by atoms with Gasteiger partial charge in [0, 0.05) is 24.0 Å². The number of amides is 3. The summed E-state index contributed by atoms with van der Waals surface area (Å²) in [6.45, 7) is 12.3. The normalized spacial score (nSPS) is 21.4. The second kappa shape index (κ2) is 8.08. The van der Waals surface area contributed by atoms with Gasteiger partial charge in [-0.1, -0.05) is 39.0 Å². The first-order chi connectivity index (χ1) is 15.3. The predicted octanol–water partition coefficient (Wildman–Crippen LogP) is 3.53. The maximum absolute atomic E-state index is 13.6. The molecule has 2 saturated heterocycles. The van der Waals surface area contributed by atoms with Crippen LogP contribution in [0.1, 0.15) is 58.5 Å². The smallest absolute Gasteiger partial charge is 0.410 e. The fourth-order valence-corrected chi connectivity index (χ4v) is 4.70. The molecule has 2 aromatic rings. The number of aromatic amines is 1. The van der Waals surface area contributed by atoms with Gasteiger partial charge in [0.2, 0.25) is 5.91 Å². The number of benzene rings is 1. The minimum absolute atomic E-state index is 0.0566. The molecule has 3 heterocycles. The fourth-order valence-electron chi connectivity index (χ4n) is 4.70. The molecule has 2 fully saturated rings. The molecule has 2 aliphatic heterocycles. The van der Waals surface area contributed by atoms with Crippen molar-refractivity contribution in [3.8, 4) is 0 Å². The predicted molar refractivity (Wildman–Crippen MR) is 126 cm³/mol. The molecular weight excluding hydrogens is 420 g/mol. The number of rotatable bonds is 3. The van der Waals surface area contributed by atoms with E-state index in [1.165, 1.54) is 0 Å². The highest BCUT2D eigenvalue weighted by atomic mass is 16.6. The number of nitrogens with zero attached hydrogens (tertiary/aromatic N) is 2. The largest absolute Gasteiger partial charge is 0.444 e. The summed E-state index contributed by atoms with van der Waals surface area (Å²) in [4.78, 5) is 45.9. The van der Waals surface area contributed by atoms with Crippen LogP contribution in [0, 0.1) is 5.41 Å². The standard InChI is InChI=1S/C25H34N4O4/c1-24(2,3)20(27-21(30)19-11-15-9-7-8-10-18(15)26-19)22(31)28-13-17-12-16(28)14-29(17)23(32)33-25(4,5)6/h7-11,16-17,20,26H,12-14H2,1-6H3,(H,27,30)/t16-,17-,20+/m0/s1. The van der Waals surface area contributed by atoms with Gasteiger partial charge in [0.25, 0.3) is 5.91 Å². The van der Waals surface area contributed by atoms with Crippen LogP contribution in [-0.4, -0.2) is 69.5 Å². The number of hydrogen-bond donors (Lipinski definition) is 2. The van der Waals surface area contributed by atoms with Crippen molar-refractivity contribution < 1.29 is 19.1 Å². The zero-order valence-corrected chi connectivity index (χ0v) is 20.3. The summed E-state index contributed by atoms with van der Waals surface area (Å²) in [5.74, 6) is -0.414. The zero-order chi connectivity index (χ0) is 24.1. The van der Waals surface area contributed by atoms with E-state index in [-0.39, 0.29) is 30.0 Å². The number of H-pyrrole nitrogens is 1. The van der Waals surface area contributed by atoms with E-state index in [4.69, 9.17) is 4.74 Å². The summed E-state index contributed by atoms with van der Waals surface area (Å²) in [5, 5.41) is 3.91. The van der Waals surface area contributed by atoms with Crippen molar-refractivity contribution in [3.05, 3.63) is 36.0 Å². The van der Waals surface area contributed by atoms with E-state index in [1.807, 2.05) is 70.7 Å². The third kappa shape index (κ3) is 4.70. The molecule has 8 heteroatoms. The maximum atomic E-state index is 13.6. The highest BCUT2D eigenvalue weighted by Crippen LogP contribution is 2.34. The first kappa shape index (κ1) is 23.1. The Balaban J connectivity index is 1.46. The molecule has 0 unspecified atom stereocenters. The van der Waals surface area contributed by atoms with Crippen LogP contribution in [0.4, 0.5) is 4.79 Å². The van der Waals surface area contributed by atoms with E-state index in [0.29, 0.717) is 18.8 Å². The molecule has 33 heavy (non-hydrogen) atoms. The van der Waals surface area contributed by atoms with Gasteiger partial charge in [0.05, 0.1) is 12.1 Å². The van der Waals surface area contributed by atoms with Gasteiger partial charge in [0.15, 0.2) is 0 Å². The molecule has 8 nitrogen and oxygen atoms in total. The Morgan fingerprint density at radius 3 is 2.24 bits per heavy atom. The third-order valence-corrected chi connectivity index (χ3v) is 6.31. The van der Waals surface area contributed by atoms with Crippen molar-refractivity contribution in [1.29, 1.82) is 0 Å². The summed E-state index contributed by atoms with van der Waals surface area (Å²) in [6.07, 6.45) is 0.402. The lowest BCUT2D eigenvalue weighted by atomic mass is 9.85. The van der Waals surface area contributed by atoms with E-state index in [1.54, 1.807) is 11.0 Å². The Labute approximate surface area is 194 Å². The fraction of sp³-hybridized carbons (Fsp3) is 0.560. The number of fused-ring (bicyclic) bond motifs is 3. The number of piperazine rings is 1. The van der Waals surface area contributed by atoms with Gasteiger partial charge in [-0.2, -0.15) is 0 Å². The molecule has 0 radical (unpaired) electrons. The number of para-hydroxylation sites is 1. The van der Waals surface area contributed by atoms with Crippen LogP contribution in [0.15, 0.2) is 30.3 Å². The van der Waals surface area contributed by atoms with Crippen molar-refractivity contribution >= 4 is 28.8 Å². The van der Waals surface area contributed by atoms with E-state index in [0.717, 1.165) is 17.3 Å². The zero-order valence-electron chi connectivity index (χ0n) is 20.3. The minimum Gasteiger partial charge on any atom is -0.444 e. The highest BCUT2D eigenvalue weighted by molar-refractivity contribution is 6.00. The molecule has 2 aliphatic rings.